The van der Waals surface area contributed by atoms with E-state index in [1.54, 1.807) is 0 Å². The van der Waals surface area contributed by atoms with Crippen LogP contribution in [0, 0.1) is 10.1 Å². The third-order valence-electron chi connectivity index (χ3n) is 1.51. The minimum absolute atomic E-state index is 0.140. The molecule has 0 aliphatic heterocycles. The number of aromatic nitrogens is 1. The number of nitrogens with zero attached hydrogens (tertiary/aromatic N) is 2. The molecule has 0 saturated carbocycles. The molecule has 0 aromatic carbocycles. The monoisotopic (exact) mass is 260 g/mol. The van der Waals surface area contributed by atoms with Crippen molar-refractivity contribution in [2.24, 2.45) is 0 Å². The van der Waals surface area contributed by atoms with Crippen molar-refractivity contribution in [3.63, 3.8) is 0 Å². The van der Waals surface area contributed by atoms with Gasteiger partial charge >= 0.3 is 11.0 Å². The fraction of sp³-hybridized carbons (Fsp3) is 0.286. The molecular weight excluding hydrogens is 252 g/mol. The Hall–Kier alpha value is -2.23. The standard InChI is InChI=1S/C7H8N4O5S/c12-4(8-3-6(13)14)1-9-7-10-2-5(17-7)11(15)16/h2H,1,3H2,(H,8,12)(H,9,10)(H,13,14). The summed E-state index contributed by atoms with van der Waals surface area (Å²) in [5.41, 5.74) is 0. The SMILES string of the molecule is O=C(O)CNC(=O)CNc1ncc([N+](=O)[O-])s1. The van der Waals surface area contributed by atoms with Crippen LogP contribution >= 0.6 is 11.3 Å². The summed E-state index contributed by atoms with van der Waals surface area (Å²) in [4.78, 5) is 34.6. The Morgan fingerprint density at radius 2 is 2.24 bits per heavy atom. The van der Waals surface area contributed by atoms with Crippen LogP contribution in [-0.2, 0) is 9.59 Å². The number of nitro groups is 1. The van der Waals surface area contributed by atoms with Gasteiger partial charge in [-0.1, -0.05) is 0 Å². The van der Waals surface area contributed by atoms with Crippen molar-refractivity contribution in [1.82, 2.24) is 10.3 Å². The Morgan fingerprint density at radius 1 is 1.53 bits per heavy atom. The molecule has 0 bridgehead atoms. The van der Waals surface area contributed by atoms with Crippen molar-refractivity contribution in [2.45, 2.75) is 0 Å². The number of carboxylic acid groups (broad SMARTS) is 1. The van der Waals surface area contributed by atoms with E-state index in [2.05, 4.69) is 15.6 Å². The average Bonchev–Trinajstić information content (AvgIpc) is 2.72. The van der Waals surface area contributed by atoms with Gasteiger partial charge in [0.25, 0.3) is 0 Å². The van der Waals surface area contributed by atoms with E-state index in [-0.39, 0.29) is 16.7 Å². The van der Waals surface area contributed by atoms with Crippen molar-refractivity contribution >= 4 is 33.3 Å². The molecule has 1 amide bonds. The van der Waals surface area contributed by atoms with Crippen LogP contribution in [0.4, 0.5) is 10.1 Å². The predicted octanol–water partition coefficient (Wildman–Crippen LogP) is -0.336. The van der Waals surface area contributed by atoms with Crippen LogP contribution in [0.1, 0.15) is 0 Å². The molecule has 0 aliphatic carbocycles. The summed E-state index contributed by atoms with van der Waals surface area (Å²) < 4.78 is 0. The Bertz CT molecular complexity index is 445. The Labute approximate surface area is 98.6 Å². The van der Waals surface area contributed by atoms with E-state index in [1.165, 1.54) is 0 Å². The van der Waals surface area contributed by atoms with Crippen molar-refractivity contribution in [1.29, 1.82) is 0 Å². The maximum atomic E-state index is 11.1. The zero-order valence-corrected chi connectivity index (χ0v) is 9.19. The number of thiazole rings is 1. The van der Waals surface area contributed by atoms with Gasteiger partial charge in [0.2, 0.25) is 5.91 Å². The quantitative estimate of drug-likeness (QED) is 0.470. The maximum Gasteiger partial charge on any atom is 0.345 e. The summed E-state index contributed by atoms with van der Waals surface area (Å²) in [6.07, 6.45) is 1.07. The smallest absolute Gasteiger partial charge is 0.345 e. The van der Waals surface area contributed by atoms with Gasteiger partial charge in [0.05, 0.1) is 11.5 Å². The molecule has 3 N–H and O–H groups in total. The molecule has 9 nitrogen and oxygen atoms in total. The summed E-state index contributed by atoms with van der Waals surface area (Å²) in [5.74, 6) is -1.69. The summed E-state index contributed by atoms with van der Waals surface area (Å²) >= 11 is 0.790. The summed E-state index contributed by atoms with van der Waals surface area (Å²) in [6.45, 7) is -0.670. The summed E-state index contributed by atoms with van der Waals surface area (Å²) in [5, 5.41) is 23.4. The molecule has 1 heterocycles. The van der Waals surface area contributed by atoms with Gasteiger partial charge in [0.15, 0.2) is 5.13 Å². The lowest BCUT2D eigenvalue weighted by molar-refractivity contribution is -0.380. The van der Waals surface area contributed by atoms with E-state index in [9.17, 15) is 19.7 Å². The number of carbonyl (C=O) groups excluding carboxylic acids is 1. The highest BCUT2D eigenvalue weighted by molar-refractivity contribution is 7.18. The molecular formula is C7H8N4O5S. The fourth-order valence-electron chi connectivity index (χ4n) is 0.824. The predicted molar refractivity (Wildman–Crippen MR) is 57.9 cm³/mol. The molecule has 1 rings (SSSR count). The number of carboxylic acids is 1. The second-order valence-corrected chi connectivity index (χ2v) is 3.79. The number of anilines is 1. The number of hydrogen-bond acceptors (Lipinski definition) is 7. The molecule has 0 fully saturated rings. The normalized spacial score (nSPS) is 9.65. The van der Waals surface area contributed by atoms with Crippen LogP contribution in [0.2, 0.25) is 0 Å². The first kappa shape index (κ1) is 12.8. The molecule has 92 valence electrons. The summed E-state index contributed by atoms with van der Waals surface area (Å²) in [6, 6.07) is 0. The van der Waals surface area contributed by atoms with Gasteiger partial charge in [-0.2, -0.15) is 0 Å². The molecule has 1 aromatic heterocycles. The number of amides is 1. The number of rotatable bonds is 6. The fourth-order valence-corrected chi connectivity index (χ4v) is 1.45. The molecule has 0 atom stereocenters. The third kappa shape index (κ3) is 4.42. The van der Waals surface area contributed by atoms with Crippen molar-refractivity contribution in [2.75, 3.05) is 18.4 Å². The number of nitrogens with one attached hydrogen (secondary N) is 2. The van der Waals surface area contributed by atoms with E-state index in [4.69, 9.17) is 5.11 Å². The molecule has 0 radical (unpaired) electrons. The average molecular weight is 260 g/mol. The van der Waals surface area contributed by atoms with Crippen LogP contribution in [0.5, 0.6) is 0 Å². The van der Waals surface area contributed by atoms with E-state index < -0.39 is 23.3 Å². The molecule has 0 saturated heterocycles. The Balaban J connectivity index is 2.36. The molecule has 1 aromatic rings. The first-order chi connectivity index (χ1) is 7.99. The van der Waals surface area contributed by atoms with E-state index in [0.29, 0.717) is 0 Å². The van der Waals surface area contributed by atoms with Crippen LogP contribution in [0.3, 0.4) is 0 Å². The van der Waals surface area contributed by atoms with Gasteiger partial charge in [0.1, 0.15) is 12.7 Å². The van der Waals surface area contributed by atoms with Crippen molar-refractivity contribution in [3.8, 4) is 0 Å². The minimum Gasteiger partial charge on any atom is -0.480 e. The van der Waals surface area contributed by atoms with Crippen LogP contribution < -0.4 is 10.6 Å². The van der Waals surface area contributed by atoms with Crippen LogP contribution in [0.25, 0.3) is 0 Å². The minimum atomic E-state index is -1.15. The van der Waals surface area contributed by atoms with Crippen molar-refractivity contribution in [3.05, 3.63) is 16.3 Å². The van der Waals surface area contributed by atoms with Gasteiger partial charge in [-0.05, 0) is 11.3 Å². The highest BCUT2D eigenvalue weighted by Gasteiger charge is 2.12. The van der Waals surface area contributed by atoms with Crippen LogP contribution in [0.15, 0.2) is 6.20 Å². The van der Waals surface area contributed by atoms with Gasteiger partial charge in [-0.25, -0.2) is 4.98 Å². The van der Waals surface area contributed by atoms with Gasteiger partial charge in [-0.3, -0.25) is 19.7 Å². The first-order valence-corrected chi connectivity index (χ1v) is 5.13. The number of hydrogen-bond donors (Lipinski definition) is 3. The van der Waals surface area contributed by atoms with E-state index in [1.807, 2.05) is 0 Å². The van der Waals surface area contributed by atoms with Gasteiger partial charge in [-0.15, -0.1) is 0 Å². The zero-order chi connectivity index (χ0) is 12.8. The van der Waals surface area contributed by atoms with Crippen molar-refractivity contribution < 1.29 is 19.6 Å². The Morgan fingerprint density at radius 3 is 2.76 bits per heavy atom. The van der Waals surface area contributed by atoms with E-state index >= 15 is 0 Å². The lowest BCUT2D eigenvalue weighted by Crippen LogP contribution is -2.33. The van der Waals surface area contributed by atoms with E-state index in [0.717, 1.165) is 17.5 Å². The van der Waals surface area contributed by atoms with Crippen LogP contribution in [-0.4, -0.2) is 40.0 Å². The molecule has 10 heteroatoms. The molecule has 0 spiro atoms. The second kappa shape index (κ2) is 5.75. The number of aliphatic carboxylic acids is 1. The largest absolute Gasteiger partial charge is 0.480 e. The topological polar surface area (TPSA) is 134 Å². The summed E-state index contributed by atoms with van der Waals surface area (Å²) in [7, 11) is 0. The van der Waals surface area contributed by atoms with Gasteiger partial charge in [0, 0.05) is 0 Å². The third-order valence-corrected chi connectivity index (χ3v) is 2.42. The Kier molecular flexibility index (Phi) is 4.34. The maximum absolute atomic E-state index is 11.1. The highest BCUT2D eigenvalue weighted by atomic mass is 32.1. The van der Waals surface area contributed by atoms with Gasteiger partial charge < -0.3 is 15.7 Å². The number of carbonyl (C=O) groups is 2. The molecule has 0 aliphatic rings. The highest BCUT2D eigenvalue weighted by Crippen LogP contribution is 2.24. The molecule has 17 heavy (non-hydrogen) atoms. The first-order valence-electron chi connectivity index (χ1n) is 4.31. The zero-order valence-electron chi connectivity index (χ0n) is 8.37. The molecule has 0 unspecified atom stereocenters. The lowest BCUT2D eigenvalue weighted by Gasteiger charge is -2.02. The lowest BCUT2D eigenvalue weighted by atomic mass is 10.5. The second-order valence-electron chi connectivity index (χ2n) is 2.78.